The third-order valence-corrected chi connectivity index (χ3v) is 4.26. The highest BCUT2D eigenvalue weighted by Crippen LogP contribution is 2.32. The fraction of sp³-hybridized carbons (Fsp3) is 0.318. The van der Waals surface area contributed by atoms with Gasteiger partial charge < -0.3 is 14.2 Å². The van der Waals surface area contributed by atoms with Gasteiger partial charge in [-0.05, 0) is 35.7 Å². The van der Waals surface area contributed by atoms with Crippen LogP contribution in [-0.4, -0.2) is 25.8 Å². The first-order valence-electron chi connectivity index (χ1n) is 8.64. The highest BCUT2D eigenvalue weighted by atomic mass is 16.6. The Hall–Kier alpha value is -2.59. The second-order valence-corrected chi connectivity index (χ2v) is 6.18. The Morgan fingerprint density at radius 1 is 1.31 bits per heavy atom. The van der Waals surface area contributed by atoms with Gasteiger partial charge >= 0.3 is 5.97 Å². The molecule has 2 aromatic carbocycles. The first-order chi connectivity index (χ1) is 12.5. The molecule has 138 valence electrons. The minimum absolute atomic E-state index is 0.394. The standard InChI is InChI=1S/C18H20O2.C4H6O2/c1-13-10-16(19-11-15-6-4-3-5-7-15)8-9-17(13)14(2)18-12-20-18;1-3-4(5)6-2/h3-10,14,18H,11-12H2,1-2H3;3H,1H2,2H3. The van der Waals surface area contributed by atoms with Gasteiger partial charge in [0, 0.05) is 12.0 Å². The number of aryl methyl sites for hydroxylation is 1. The van der Waals surface area contributed by atoms with Gasteiger partial charge in [0.15, 0.2) is 0 Å². The maximum absolute atomic E-state index is 9.84. The Labute approximate surface area is 155 Å². The molecular formula is C22H26O4. The molecule has 1 aliphatic heterocycles. The molecule has 2 unspecified atom stereocenters. The van der Waals surface area contributed by atoms with Crippen LogP contribution >= 0.6 is 0 Å². The summed E-state index contributed by atoms with van der Waals surface area (Å²) in [5, 5.41) is 0. The molecule has 0 aromatic heterocycles. The van der Waals surface area contributed by atoms with Crippen molar-refractivity contribution < 1.29 is 19.0 Å². The van der Waals surface area contributed by atoms with Crippen molar-refractivity contribution in [1.82, 2.24) is 0 Å². The predicted octanol–water partition coefficient (Wildman–Crippen LogP) is 4.42. The summed E-state index contributed by atoms with van der Waals surface area (Å²) in [7, 11) is 1.31. The highest BCUT2D eigenvalue weighted by Gasteiger charge is 2.31. The van der Waals surface area contributed by atoms with Crippen molar-refractivity contribution in [2.45, 2.75) is 32.5 Å². The number of methoxy groups -OCH3 is 1. The molecule has 0 radical (unpaired) electrons. The minimum Gasteiger partial charge on any atom is -0.489 e. The predicted molar refractivity (Wildman–Crippen MR) is 102 cm³/mol. The molecule has 4 nitrogen and oxygen atoms in total. The maximum atomic E-state index is 9.84. The Balaban J connectivity index is 0.000000352. The van der Waals surface area contributed by atoms with Gasteiger partial charge in [0.2, 0.25) is 0 Å². The third-order valence-electron chi connectivity index (χ3n) is 4.26. The van der Waals surface area contributed by atoms with E-state index in [4.69, 9.17) is 9.47 Å². The molecule has 0 spiro atoms. The van der Waals surface area contributed by atoms with E-state index in [2.05, 4.69) is 55.5 Å². The average Bonchev–Trinajstić information content (AvgIpc) is 3.52. The van der Waals surface area contributed by atoms with Crippen molar-refractivity contribution in [3.8, 4) is 5.75 Å². The zero-order chi connectivity index (χ0) is 18.9. The van der Waals surface area contributed by atoms with E-state index >= 15 is 0 Å². The van der Waals surface area contributed by atoms with Crippen LogP contribution in [0.1, 0.15) is 29.5 Å². The molecule has 0 aliphatic carbocycles. The van der Waals surface area contributed by atoms with Crippen LogP contribution in [0.5, 0.6) is 5.75 Å². The number of carbonyl (C=O) groups is 1. The van der Waals surface area contributed by atoms with Gasteiger partial charge in [-0.2, -0.15) is 0 Å². The fourth-order valence-electron chi connectivity index (χ4n) is 2.62. The van der Waals surface area contributed by atoms with Crippen LogP contribution in [0.25, 0.3) is 0 Å². The Morgan fingerprint density at radius 2 is 2.00 bits per heavy atom. The number of epoxide rings is 1. The first kappa shape index (κ1) is 19.7. The molecule has 0 bridgehead atoms. The second kappa shape index (κ2) is 9.78. The lowest BCUT2D eigenvalue weighted by Gasteiger charge is -2.14. The van der Waals surface area contributed by atoms with Crippen molar-refractivity contribution >= 4 is 5.97 Å². The molecule has 4 heteroatoms. The molecule has 1 fully saturated rings. The van der Waals surface area contributed by atoms with Crippen LogP contribution in [0.15, 0.2) is 61.2 Å². The van der Waals surface area contributed by atoms with Crippen molar-refractivity contribution in [2.24, 2.45) is 0 Å². The van der Waals surface area contributed by atoms with Gasteiger partial charge in [-0.25, -0.2) is 4.79 Å². The van der Waals surface area contributed by atoms with E-state index in [-0.39, 0.29) is 0 Å². The zero-order valence-corrected chi connectivity index (χ0v) is 15.6. The molecule has 0 saturated carbocycles. The summed E-state index contributed by atoms with van der Waals surface area (Å²) >= 11 is 0. The van der Waals surface area contributed by atoms with E-state index < -0.39 is 5.97 Å². The normalized spacial score (nSPS) is 15.9. The zero-order valence-electron chi connectivity index (χ0n) is 15.6. The molecule has 0 N–H and O–H groups in total. The van der Waals surface area contributed by atoms with E-state index in [1.54, 1.807) is 0 Å². The lowest BCUT2D eigenvalue weighted by Crippen LogP contribution is -2.04. The fourth-order valence-corrected chi connectivity index (χ4v) is 2.62. The van der Waals surface area contributed by atoms with Gasteiger partial charge in [-0.3, -0.25) is 0 Å². The van der Waals surface area contributed by atoms with Crippen molar-refractivity contribution in [1.29, 1.82) is 0 Å². The number of hydrogen-bond acceptors (Lipinski definition) is 4. The Kier molecular flexibility index (Phi) is 7.42. The highest BCUT2D eigenvalue weighted by molar-refractivity contribution is 5.80. The number of ether oxygens (including phenoxy) is 3. The van der Waals surface area contributed by atoms with E-state index in [9.17, 15) is 4.79 Å². The molecular weight excluding hydrogens is 328 g/mol. The Bertz CT molecular complexity index is 720. The number of carbonyl (C=O) groups excluding carboxylic acids is 1. The monoisotopic (exact) mass is 354 g/mol. The van der Waals surface area contributed by atoms with Crippen LogP contribution in [0.3, 0.4) is 0 Å². The first-order valence-corrected chi connectivity index (χ1v) is 8.64. The molecule has 3 rings (SSSR count). The topological polar surface area (TPSA) is 48.1 Å². The SMILES string of the molecule is C=CC(=O)OC.Cc1cc(OCc2ccccc2)ccc1C(C)C1CO1. The van der Waals surface area contributed by atoms with Crippen molar-refractivity contribution in [3.05, 3.63) is 77.9 Å². The molecule has 1 heterocycles. The van der Waals surface area contributed by atoms with Crippen molar-refractivity contribution in [3.63, 3.8) is 0 Å². The lowest BCUT2D eigenvalue weighted by molar-refractivity contribution is -0.134. The number of benzene rings is 2. The van der Waals surface area contributed by atoms with Crippen LogP contribution in [0, 0.1) is 6.92 Å². The van der Waals surface area contributed by atoms with Gasteiger partial charge in [0.1, 0.15) is 12.4 Å². The molecule has 2 atom stereocenters. The summed E-state index contributed by atoms with van der Waals surface area (Å²) in [5.74, 6) is 1.01. The van der Waals surface area contributed by atoms with Crippen LogP contribution in [-0.2, 0) is 20.9 Å². The molecule has 0 amide bonds. The van der Waals surface area contributed by atoms with Gasteiger partial charge in [0.25, 0.3) is 0 Å². The largest absolute Gasteiger partial charge is 0.489 e. The van der Waals surface area contributed by atoms with E-state index in [0.717, 1.165) is 18.4 Å². The molecule has 26 heavy (non-hydrogen) atoms. The second-order valence-electron chi connectivity index (χ2n) is 6.18. The van der Waals surface area contributed by atoms with Crippen molar-refractivity contribution in [2.75, 3.05) is 13.7 Å². The molecule has 1 aliphatic rings. The van der Waals surface area contributed by atoms with E-state index in [1.807, 2.05) is 18.2 Å². The summed E-state index contributed by atoms with van der Waals surface area (Å²) in [4.78, 5) is 9.84. The molecule has 1 saturated heterocycles. The summed E-state index contributed by atoms with van der Waals surface area (Å²) in [6, 6.07) is 16.6. The van der Waals surface area contributed by atoms with Gasteiger partial charge in [-0.1, -0.05) is 49.9 Å². The molecule has 2 aromatic rings. The van der Waals surface area contributed by atoms with Crippen LogP contribution in [0.4, 0.5) is 0 Å². The number of esters is 1. The minimum atomic E-state index is -0.394. The van der Waals surface area contributed by atoms with E-state index in [1.165, 1.54) is 23.8 Å². The van der Waals surface area contributed by atoms with Gasteiger partial charge in [-0.15, -0.1) is 0 Å². The summed E-state index contributed by atoms with van der Waals surface area (Å²) in [5.41, 5.74) is 3.83. The number of hydrogen-bond donors (Lipinski definition) is 0. The Morgan fingerprint density at radius 3 is 2.50 bits per heavy atom. The summed E-state index contributed by atoms with van der Waals surface area (Å²) in [6.07, 6.45) is 1.52. The van der Waals surface area contributed by atoms with Crippen LogP contribution < -0.4 is 4.74 Å². The van der Waals surface area contributed by atoms with Gasteiger partial charge in [0.05, 0.1) is 19.8 Å². The van der Waals surface area contributed by atoms with Crippen LogP contribution in [0.2, 0.25) is 0 Å². The maximum Gasteiger partial charge on any atom is 0.329 e. The summed E-state index contributed by atoms with van der Waals surface area (Å²) < 4.78 is 15.4. The smallest absolute Gasteiger partial charge is 0.329 e. The van der Waals surface area contributed by atoms with E-state index in [0.29, 0.717) is 18.6 Å². The summed E-state index contributed by atoms with van der Waals surface area (Å²) in [6.45, 7) is 9.03. The quantitative estimate of drug-likeness (QED) is 0.438. The lowest BCUT2D eigenvalue weighted by atomic mass is 9.94. The third kappa shape index (κ3) is 6.05. The number of rotatable bonds is 6. The average molecular weight is 354 g/mol.